The van der Waals surface area contributed by atoms with Gasteiger partial charge in [0.25, 0.3) is 0 Å². The average molecular weight is 216 g/mol. The maximum atomic E-state index is 11.0. The van der Waals surface area contributed by atoms with E-state index in [9.17, 15) is 4.79 Å². The van der Waals surface area contributed by atoms with E-state index in [2.05, 4.69) is 4.90 Å². The fraction of sp³-hybridized carbons (Fsp3) is 0.444. The third-order valence-electron chi connectivity index (χ3n) is 2.26. The van der Waals surface area contributed by atoms with Gasteiger partial charge in [-0.1, -0.05) is 11.6 Å². The molecule has 1 fully saturated rings. The molecule has 0 aliphatic carbocycles. The van der Waals surface area contributed by atoms with Crippen molar-refractivity contribution in [2.24, 2.45) is 0 Å². The molecule has 0 spiro atoms. The lowest BCUT2D eigenvalue weighted by Crippen LogP contribution is -2.33. The van der Waals surface area contributed by atoms with E-state index in [0.29, 0.717) is 18.6 Å². The quantitative estimate of drug-likeness (QED) is 0.718. The van der Waals surface area contributed by atoms with Crippen molar-refractivity contribution in [2.45, 2.75) is 12.8 Å². The summed E-state index contributed by atoms with van der Waals surface area (Å²) < 4.78 is 0.828. The van der Waals surface area contributed by atoms with Crippen molar-refractivity contribution in [2.75, 3.05) is 18.0 Å². The predicted octanol–water partition coefficient (Wildman–Crippen LogP) is 2.57. The fourth-order valence-electron chi connectivity index (χ4n) is 1.51. The van der Waals surface area contributed by atoms with Gasteiger partial charge in [0.1, 0.15) is 10.1 Å². The number of ketones is 1. The number of halogens is 1. The Kier molecular flexibility index (Phi) is 2.56. The normalized spacial score (nSPS) is 17.9. The molecule has 1 aromatic rings. The van der Waals surface area contributed by atoms with E-state index in [1.165, 1.54) is 11.3 Å². The Hall–Kier alpha value is -0.540. The summed E-state index contributed by atoms with van der Waals surface area (Å²) in [5.74, 6) is 0.364. The number of hydrogen-bond donors (Lipinski definition) is 0. The smallest absolute Gasteiger partial charge is 0.136 e. The van der Waals surface area contributed by atoms with Gasteiger partial charge in [0.2, 0.25) is 0 Å². The molecule has 0 radical (unpaired) electrons. The molecule has 1 aromatic heterocycles. The highest BCUT2D eigenvalue weighted by Crippen LogP contribution is 2.32. The van der Waals surface area contributed by atoms with Crippen molar-refractivity contribution in [3.05, 3.63) is 15.8 Å². The Balaban J connectivity index is 2.10. The number of carbonyl (C=O) groups is 1. The molecule has 1 saturated heterocycles. The van der Waals surface area contributed by atoms with Gasteiger partial charge in [-0.25, -0.2) is 0 Å². The molecule has 0 atom stereocenters. The van der Waals surface area contributed by atoms with Crippen LogP contribution in [0.4, 0.5) is 5.69 Å². The van der Waals surface area contributed by atoms with Crippen molar-refractivity contribution >= 4 is 34.4 Å². The first-order valence-corrected chi connectivity index (χ1v) is 5.53. The summed E-state index contributed by atoms with van der Waals surface area (Å²) in [5, 5.41) is 1.98. The van der Waals surface area contributed by atoms with Gasteiger partial charge in [-0.3, -0.25) is 4.79 Å². The average Bonchev–Trinajstić information content (AvgIpc) is 2.53. The number of hydrogen-bond acceptors (Lipinski definition) is 3. The van der Waals surface area contributed by atoms with E-state index in [0.717, 1.165) is 23.1 Å². The largest absolute Gasteiger partial charge is 0.369 e. The van der Waals surface area contributed by atoms with Crippen LogP contribution >= 0.6 is 22.9 Å². The van der Waals surface area contributed by atoms with Crippen molar-refractivity contribution in [3.8, 4) is 0 Å². The molecular formula is C9H10ClNOS. The number of Topliss-reactive ketones (excluding diaryl/α,β-unsaturated/α-hetero) is 1. The number of nitrogens with zero attached hydrogens (tertiary/aromatic N) is 1. The number of rotatable bonds is 1. The number of carbonyl (C=O) groups excluding carboxylic acids is 1. The van der Waals surface area contributed by atoms with Crippen LogP contribution in [0.15, 0.2) is 11.4 Å². The first kappa shape index (κ1) is 9.03. The Morgan fingerprint density at radius 1 is 1.38 bits per heavy atom. The molecule has 1 aliphatic rings. The molecule has 2 rings (SSSR count). The maximum Gasteiger partial charge on any atom is 0.136 e. The molecule has 0 N–H and O–H groups in total. The van der Waals surface area contributed by atoms with Gasteiger partial charge in [-0.05, 0) is 11.4 Å². The van der Waals surface area contributed by atoms with E-state index in [1.54, 1.807) is 0 Å². The summed E-state index contributed by atoms with van der Waals surface area (Å²) in [5.41, 5.74) is 1.08. The van der Waals surface area contributed by atoms with Gasteiger partial charge in [0, 0.05) is 25.9 Å². The summed E-state index contributed by atoms with van der Waals surface area (Å²) in [6, 6.07) is 2.02. The van der Waals surface area contributed by atoms with Gasteiger partial charge in [0.15, 0.2) is 0 Å². The molecule has 1 aliphatic heterocycles. The zero-order chi connectivity index (χ0) is 9.26. The maximum absolute atomic E-state index is 11.0. The van der Waals surface area contributed by atoms with E-state index in [4.69, 9.17) is 11.6 Å². The first-order chi connectivity index (χ1) is 6.27. The topological polar surface area (TPSA) is 20.3 Å². The monoisotopic (exact) mass is 215 g/mol. The summed E-state index contributed by atoms with van der Waals surface area (Å²) >= 11 is 7.54. The second kappa shape index (κ2) is 3.68. The molecule has 0 saturated carbocycles. The number of thiophene rings is 1. The molecule has 13 heavy (non-hydrogen) atoms. The van der Waals surface area contributed by atoms with Gasteiger partial charge < -0.3 is 4.90 Å². The predicted molar refractivity (Wildman–Crippen MR) is 55.8 cm³/mol. The number of piperidine rings is 1. The van der Waals surface area contributed by atoms with E-state index < -0.39 is 0 Å². The zero-order valence-electron chi connectivity index (χ0n) is 7.12. The first-order valence-electron chi connectivity index (χ1n) is 4.27. The standard InChI is InChI=1S/C9H10ClNOS/c10-9-8(3-6-13-9)11-4-1-7(12)2-5-11/h3,6H,1-2,4-5H2. The summed E-state index contributed by atoms with van der Waals surface area (Å²) in [6.45, 7) is 1.63. The summed E-state index contributed by atoms with van der Waals surface area (Å²) in [7, 11) is 0. The Morgan fingerprint density at radius 3 is 2.62 bits per heavy atom. The molecule has 0 aromatic carbocycles. The molecule has 0 bridgehead atoms. The minimum atomic E-state index is 0.364. The highest BCUT2D eigenvalue weighted by Gasteiger charge is 2.18. The van der Waals surface area contributed by atoms with Crippen LogP contribution in [0, 0.1) is 0 Å². The van der Waals surface area contributed by atoms with Gasteiger partial charge in [-0.2, -0.15) is 0 Å². The lowest BCUT2D eigenvalue weighted by atomic mass is 10.1. The van der Waals surface area contributed by atoms with Crippen molar-refractivity contribution < 1.29 is 4.79 Å². The Bertz CT molecular complexity index is 313. The minimum Gasteiger partial charge on any atom is -0.369 e. The third-order valence-corrected chi connectivity index (χ3v) is 3.41. The van der Waals surface area contributed by atoms with Gasteiger partial charge >= 0.3 is 0 Å². The highest BCUT2D eigenvalue weighted by atomic mass is 35.5. The van der Waals surface area contributed by atoms with Crippen molar-refractivity contribution in [1.29, 1.82) is 0 Å². The molecule has 70 valence electrons. The van der Waals surface area contributed by atoms with Crippen molar-refractivity contribution in [3.63, 3.8) is 0 Å². The molecule has 0 unspecified atom stereocenters. The van der Waals surface area contributed by atoms with Crippen LogP contribution < -0.4 is 4.90 Å². The molecular weight excluding hydrogens is 206 g/mol. The van der Waals surface area contributed by atoms with Crippen LogP contribution in [0.2, 0.25) is 4.34 Å². The molecule has 0 amide bonds. The zero-order valence-corrected chi connectivity index (χ0v) is 8.70. The molecule has 2 heterocycles. The van der Waals surface area contributed by atoms with Crippen LogP contribution in [0.5, 0.6) is 0 Å². The van der Waals surface area contributed by atoms with Gasteiger partial charge in [-0.15, -0.1) is 11.3 Å². The SMILES string of the molecule is O=C1CCN(c2ccsc2Cl)CC1. The Labute approximate surface area is 86.1 Å². The minimum absolute atomic E-state index is 0.364. The van der Waals surface area contributed by atoms with Crippen LogP contribution in [0.1, 0.15) is 12.8 Å². The van der Waals surface area contributed by atoms with Crippen LogP contribution in [-0.4, -0.2) is 18.9 Å². The van der Waals surface area contributed by atoms with Crippen molar-refractivity contribution in [1.82, 2.24) is 0 Å². The third kappa shape index (κ3) is 1.86. The fourth-order valence-corrected chi connectivity index (χ4v) is 2.48. The van der Waals surface area contributed by atoms with Gasteiger partial charge in [0.05, 0.1) is 5.69 Å². The number of anilines is 1. The lowest BCUT2D eigenvalue weighted by molar-refractivity contribution is -0.119. The second-order valence-corrected chi connectivity index (χ2v) is 4.62. The lowest BCUT2D eigenvalue weighted by Gasteiger charge is -2.27. The second-order valence-electron chi connectivity index (χ2n) is 3.11. The Morgan fingerprint density at radius 2 is 2.08 bits per heavy atom. The van der Waals surface area contributed by atoms with Crippen LogP contribution in [0.3, 0.4) is 0 Å². The molecule has 2 nitrogen and oxygen atoms in total. The van der Waals surface area contributed by atoms with E-state index in [-0.39, 0.29) is 0 Å². The highest BCUT2D eigenvalue weighted by molar-refractivity contribution is 7.15. The molecule has 4 heteroatoms. The summed E-state index contributed by atoms with van der Waals surface area (Å²) in [6.07, 6.45) is 1.32. The van der Waals surface area contributed by atoms with Crippen LogP contribution in [-0.2, 0) is 4.79 Å². The summed E-state index contributed by atoms with van der Waals surface area (Å²) in [4.78, 5) is 13.2. The van der Waals surface area contributed by atoms with E-state index in [1.807, 2.05) is 11.4 Å². The van der Waals surface area contributed by atoms with E-state index >= 15 is 0 Å². The van der Waals surface area contributed by atoms with Crippen LogP contribution in [0.25, 0.3) is 0 Å².